The van der Waals surface area contributed by atoms with Crippen LogP contribution in [0.5, 0.6) is 0 Å². The molecule has 5 nitrogen and oxygen atoms in total. The lowest BCUT2D eigenvalue weighted by Crippen LogP contribution is -2.25. The lowest BCUT2D eigenvalue weighted by Gasteiger charge is -2.09. The van der Waals surface area contributed by atoms with Crippen molar-refractivity contribution < 1.29 is 4.79 Å². The summed E-state index contributed by atoms with van der Waals surface area (Å²) < 4.78 is 0. The molecule has 0 aliphatic rings. The highest BCUT2D eigenvalue weighted by Crippen LogP contribution is 2.01. The minimum Gasteiger partial charge on any atom is -0.299 e. The van der Waals surface area contributed by atoms with Gasteiger partial charge < -0.3 is 0 Å². The molecule has 0 aromatic rings. The Bertz CT molecular complexity index is 209. The smallest absolute Gasteiger partial charge is 0.159 e. The van der Waals surface area contributed by atoms with Crippen molar-refractivity contribution >= 4 is 18.3 Å². The first-order valence-electron chi connectivity index (χ1n) is 3.53. The van der Waals surface area contributed by atoms with Crippen LogP contribution in [0.15, 0.2) is 10.1 Å². The molecule has 0 saturated heterocycles. The zero-order valence-corrected chi connectivity index (χ0v) is 7.61. The van der Waals surface area contributed by atoms with Gasteiger partial charge in [0.25, 0.3) is 0 Å². The highest BCUT2D eigenvalue weighted by molar-refractivity contribution is 6.04. The third-order valence-electron chi connectivity index (χ3n) is 1.42. The number of hydrazine groups is 1. The third kappa shape index (κ3) is 3.25. The van der Waals surface area contributed by atoms with Gasteiger partial charge in [-0.1, -0.05) is 0 Å². The van der Waals surface area contributed by atoms with Crippen LogP contribution < -0.4 is 5.84 Å². The molecule has 1 unspecified atom stereocenters. The number of hydrazone groups is 1. The number of carbonyl (C=O) groups is 1. The van der Waals surface area contributed by atoms with Crippen LogP contribution in [0.4, 0.5) is 0 Å². The van der Waals surface area contributed by atoms with Crippen LogP contribution >= 0.6 is 0 Å². The Morgan fingerprint density at radius 1 is 1.67 bits per heavy atom. The average Bonchev–Trinajstić information content (AvgIpc) is 1.98. The predicted molar refractivity (Wildman–Crippen MR) is 48.8 cm³/mol. The zero-order chi connectivity index (χ0) is 9.72. The second-order valence-corrected chi connectivity index (χ2v) is 2.52. The Labute approximate surface area is 71.9 Å². The summed E-state index contributed by atoms with van der Waals surface area (Å²) in [7, 11) is 1.55. The topological polar surface area (TPSA) is 71.1 Å². The maximum absolute atomic E-state index is 10.9. The molecule has 0 amide bonds. The fraction of sp³-hybridized carbons (Fsp3) is 0.571. The summed E-state index contributed by atoms with van der Waals surface area (Å²) in [4.78, 5) is 14.5. The third-order valence-corrected chi connectivity index (χ3v) is 1.42. The van der Waals surface area contributed by atoms with E-state index in [0.717, 1.165) is 5.12 Å². The lowest BCUT2D eigenvalue weighted by molar-refractivity contribution is -0.118. The normalized spacial score (nSPS) is 13.8. The molecular weight excluding hydrogens is 156 g/mol. The van der Waals surface area contributed by atoms with Gasteiger partial charge in [0.2, 0.25) is 0 Å². The average molecular weight is 170 g/mol. The van der Waals surface area contributed by atoms with Gasteiger partial charge in [0.05, 0.1) is 5.92 Å². The van der Waals surface area contributed by atoms with Crippen LogP contribution in [0.1, 0.15) is 13.8 Å². The summed E-state index contributed by atoms with van der Waals surface area (Å²) in [6.07, 6.45) is 0. The molecule has 0 aromatic heterocycles. The molecule has 1 atom stereocenters. The van der Waals surface area contributed by atoms with Crippen LogP contribution in [0.2, 0.25) is 0 Å². The number of nitrogens with zero attached hydrogens (tertiary/aromatic N) is 3. The van der Waals surface area contributed by atoms with E-state index in [0.29, 0.717) is 5.84 Å². The largest absolute Gasteiger partial charge is 0.299 e. The van der Waals surface area contributed by atoms with Gasteiger partial charge in [-0.25, -0.2) is 16.0 Å². The van der Waals surface area contributed by atoms with E-state index in [-0.39, 0.29) is 11.7 Å². The highest BCUT2D eigenvalue weighted by Gasteiger charge is 2.14. The summed E-state index contributed by atoms with van der Waals surface area (Å²) >= 11 is 0. The van der Waals surface area contributed by atoms with Crippen LogP contribution in [0, 0.1) is 5.92 Å². The van der Waals surface area contributed by atoms with E-state index in [4.69, 9.17) is 5.84 Å². The maximum Gasteiger partial charge on any atom is 0.159 e. The van der Waals surface area contributed by atoms with E-state index in [1.54, 1.807) is 14.0 Å². The summed E-state index contributed by atoms with van der Waals surface area (Å²) in [5, 5.41) is 4.89. The standard InChI is InChI=1S/C7H14N4O/c1-5(6(2)12)7(9-3)10-11(4)8/h5H,3,8H2,1-2,4H3/b10-7-. The second kappa shape index (κ2) is 4.61. The van der Waals surface area contributed by atoms with E-state index in [2.05, 4.69) is 16.8 Å². The summed E-state index contributed by atoms with van der Waals surface area (Å²) in [6, 6.07) is 0. The van der Waals surface area contributed by atoms with Crippen LogP contribution in [-0.2, 0) is 4.79 Å². The molecule has 68 valence electrons. The van der Waals surface area contributed by atoms with Crippen molar-refractivity contribution in [1.29, 1.82) is 0 Å². The van der Waals surface area contributed by atoms with Gasteiger partial charge in [-0.15, -0.1) is 5.10 Å². The number of nitrogens with two attached hydrogens (primary N) is 1. The number of hydrogen-bond acceptors (Lipinski definition) is 4. The molecular formula is C7H14N4O. The maximum atomic E-state index is 10.9. The molecule has 0 aliphatic carbocycles. The van der Waals surface area contributed by atoms with Gasteiger partial charge in [0.1, 0.15) is 5.78 Å². The molecule has 0 rings (SSSR count). The van der Waals surface area contributed by atoms with E-state index in [1.165, 1.54) is 6.92 Å². The summed E-state index contributed by atoms with van der Waals surface area (Å²) in [5.41, 5.74) is 0. The van der Waals surface area contributed by atoms with Crippen molar-refractivity contribution in [3.05, 3.63) is 0 Å². The van der Waals surface area contributed by atoms with Crippen molar-refractivity contribution in [2.24, 2.45) is 21.9 Å². The summed E-state index contributed by atoms with van der Waals surface area (Å²) in [5.74, 6) is 5.23. The Hall–Kier alpha value is -1.23. The Kier molecular flexibility index (Phi) is 4.14. The van der Waals surface area contributed by atoms with Crippen molar-refractivity contribution in [3.8, 4) is 0 Å². The van der Waals surface area contributed by atoms with Gasteiger partial charge in [-0.3, -0.25) is 4.79 Å². The molecule has 0 saturated carbocycles. The van der Waals surface area contributed by atoms with Gasteiger partial charge in [0.15, 0.2) is 5.84 Å². The minimum atomic E-state index is -0.353. The number of carbonyl (C=O) groups excluding carboxylic acids is 1. The Morgan fingerprint density at radius 2 is 2.17 bits per heavy atom. The molecule has 2 N–H and O–H groups in total. The molecule has 12 heavy (non-hydrogen) atoms. The second-order valence-electron chi connectivity index (χ2n) is 2.52. The first-order chi connectivity index (χ1) is 5.49. The number of aliphatic imine (C=N–C) groups is 1. The van der Waals surface area contributed by atoms with Crippen LogP contribution in [-0.4, -0.2) is 30.5 Å². The number of rotatable bonds is 3. The number of amidine groups is 1. The van der Waals surface area contributed by atoms with Crippen LogP contribution in [0.25, 0.3) is 0 Å². The monoisotopic (exact) mass is 170 g/mol. The molecule has 0 fully saturated rings. The van der Waals surface area contributed by atoms with Gasteiger partial charge in [-0.2, -0.15) is 0 Å². The van der Waals surface area contributed by atoms with Crippen molar-refractivity contribution in [2.75, 3.05) is 7.05 Å². The minimum absolute atomic E-state index is 0.0111. The van der Waals surface area contributed by atoms with Crippen molar-refractivity contribution in [1.82, 2.24) is 5.12 Å². The number of hydrogen-bond donors (Lipinski definition) is 1. The fourth-order valence-electron chi connectivity index (χ4n) is 0.599. The molecule has 0 bridgehead atoms. The summed E-state index contributed by atoms with van der Waals surface area (Å²) in [6.45, 7) is 6.48. The molecule has 0 radical (unpaired) electrons. The van der Waals surface area contributed by atoms with Gasteiger partial charge >= 0.3 is 0 Å². The van der Waals surface area contributed by atoms with E-state index < -0.39 is 0 Å². The SMILES string of the molecule is C=N/C(=N\N(C)N)C(C)C(C)=O. The first-order valence-corrected chi connectivity index (χ1v) is 3.53. The number of ketones is 1. The highest BCUT2D eigenvalue weighted by atomic mass is 16.1. The molecule has 0 spiro atoms. The lowest BCUT2D eigenvalue weighted by atomic mass is 10.1. The molecule has 0 aromatic carbocycles. The molecule has 0 heterocycles. The van der Waals surface area contributed by atoms with E-state index in [1.807, 2.05) is 0 Å². The molecule has 0 aliphatic heterocycles. The Balaban J connectivity index is 4.55. The van der Waals surface area contributed by atoms with Crippen LogP contribution in [0.3, 0.4) is 0 Å². The fourth-order valence-corrected chi connectivity index (χ4v) is 0.599. The van der Waals surface area contributed by atoms with Gasteiger partial charge in [0, 0.05) is 7.05 Å². The van der Waals surface area contributed by atoms with Gasteiger partial charge in [-0.05, 0) is 20.6 Å². The first kappa shape index (κ1) is 10.8. The zero-order valence-electron chi connectivity index (χ0n) is 7.61. The van der Waals surface area contributed by atoms with E-state index >= 15 is 0 Å². The Morgan fingerprint density at radius 3 is 2.42 bits per heavy atom. The number of Topliss-reactive ketones (excluding diaryl/α,β-unsaturated/α-hetero) is 1. The van der Waals surface area contributed by atoms with E-state index in [9.17, 15) is 4.79 Å². The quantitative estimate of drug-likeness (QED) is 0.281. The molecule has 5 heteroatoms. The van der Waals surface area contributed by atoms with Crippen molar-refractivity contribution in [2.45, 2.75) is 13.8 Å². The van der Waals surface area contributed by atoms with Crippen molar-refractivity contribution in [3.63, 3.8) is 0 Å². The predicted octanol–water partition coefficient (Wildman–Crippen LogP) is 0.0311.